The van der Waals surface area contributed by atoms with Crippen molar-refractivity contribution < 1.29 is 9.84 Å². The highest BCUT2D eigenvalue weighted by atomic mass is 32.1. The van der Waals surface area contributed by atoms with Gasteiger partial charge in [-0.3, -0.25) is 5.41 Å². The topological polar surface area (TPSA) is 104 Å². The minimum absolute atomic E-state index is 0.0207. The molecule has 0 spiro atoms. The second kappa shape index (κ2) is 9.54. The van der Waals surface area contributed by atoms with Gasteiger partial charge in [0, 0.05) is 11.6 Å². The lowest BCUT2D eigenvalue weighted by Gasteiger charge is -2.16. The van der Waals surface area contributed by atoms with E-state index in [0.717, 1.165) is 23.6 Å². The van der Waals surface area contributed by atoms with Gasteiger partial charge in [0.25, 0.3) is 0 Å². The molecule has 0 unspecified atom stereocenters. The van der Waals surface area contributed by atoms with Crippen LogP contribution in [0.3, 0.4) is 0 Å². The number of aliphatic hydroxyl groups excluding tert-OH is 1. The van der Waals surface area contributed by atoms with Crippen LogP contribution < -0.4 is 15.8 Å². The molecule has 29 heavy (non-hydrogen) atoms. The molecule has 5 N–H and O–H groups in total. The van der Waals surface area contributed by atoms with Crippen molar-refractivity contribution in [3.8, 4) is 11.5 Å². The molecule has 1 aromatic heterocycles. The third kappa shape index (κ3) is 5.34. The first-order valence-electron chi connectivity index (χ1n) is 9.52. The summed E-state index contributed by atoms with van der Waals surface area (Å²) in [5.41, 5.74) is 7.95. The van der Waals surface area contributed by atoms with E-state index in [1.165, 1.54) is 11.5 Å². The van der Waals surface area contributed by atoms with E-state index in [4.69, 9.17) is 15.9 Å². The van der Waals surface area contributed by atoms with Gasteiger partial charge >= 0.3 is 0 Å². The van der Waals surface area contributed by atoms with Crippen molar-refractivity contribution in [2.75, 3.05) is 11.9 Å². The number of amidine groups is 1. The molecule has 3 aromatic rings. The summed E-state index contributed by atoms with van der Waals surface area (Å²) in [5, 5.41) is 21.8. The summed E-state index contributed by atoms with van der Waals surface area (Å²) in [7, 11) is 0. The van der Waals surface area contributed by atoms with Crippen LogP contribution in [0.5, 0.6) is 11.5 Å². The number of ether oxygens (including phenoxy) is 1. The van der Waals surface area contributed by atoms with Gasteiger partial charge in [-0.1, -0.05) is 32.0 Å². The third-order valence-electron chi connectivity index (χ3n) is 4.44. The van der Waals surface area contributed by atoms with Gasteiger partial charge in [0.15, 0.2) is 0 Å². The number of aromatic nitrogens is 1. The molecule has 1 heterocycles. The fourth-order valence-electron chi connectivity index (χ4n) is 3.13. The summed E-state index contributed by atoms with van der Waals surface area (Å²) in [4.78, 5) is 0. The normalized spacial score (nSPS) is 12.0. The number of nitrogens with one attached hydrogen (secondary N) is 2. The van der Waals surface area contributed by atoms with Gasteiger partial charge in [0.1, 0.15) is 22.3 Å². The number of nitrogens with zero attached hydrogens (tertiary/aromatic N) is 1. The Hall–Kier alpha value is -2.90. The average molecular weight is 411 g/mol. The monoisotopic (exact) mass is 410 g/mol. The minimum Gasteiger partial charge on any atom is -0.457 e. The number of hydrogen-bond acceptors (Lipinski definition) is 6. The zero-order valence-corrected chi connectivity index (χ0v) is 17.4. The van der Waals surface area contributed by atoms with Crippen molar-refractivity contribution in [1.29, 1.82) is 5.41 Å². The second-order valence-corrected chi connectivity index (χ2v) is 8.03. The number of nitrogens with two attached hydrogens (primary N) is 1. The van der Waals surface area contributed by atoms with Gasteiger partial charge in [-0.2, -0.15) is 4.37 Å². The number of benzene rings is 2. The van der Waals surface area contributed by atoms with Crippen LogP contribution in [0.15, 0.2) is 54.6 Å². The molecule has 152 valence electrons. The number of rotatable bonds is 9. The Morgan fingerprint density at radius 3 is 2.38 bits per heavy atom. The molecule has 0 fully saturated rings. The van der Waals surface area contributed by atoms with Crippen molar-refractivity contribution >= 4 is 28.1 Å². The molecule has 1 atom stereocenters. The van der Waals surface area contributed by atoms with Gasteiger partial charge in [0.2, 0.25) is 0 Å². The average Bonchev–Trinajstić information content (AvgIpc) is 3.12. The summed E-state index contributed by atoms with van der Waals surface area (Å²) in [6.07, 6.45) is 0.783. The van der Waals surface area contributed by atoms with E-state index in [1.54, 1.807) is 0 Å². The summed E-state index contributed by atoms with van der Waals surface area (Å²) >= 11 is 1.25. The van der Waals surface area contributed by atoms with Gasteiger partial charge in [-0.15, -0.1) is 0 Å². The second-order valence-electron chi connectivity index (χ2n) is 7.26. The van der Waals surface area contributed by atoms with Crippen molar-refractivity contribution in [2.24, 2.45) is 11.7 Å². The molecular formula is C22H26N4O2S. The molecule has 0 aliphatic heterocycles. The molecule has 0 radical (unpaired) electrons. The first kappa shape index (κ1) is 20.8. The summed E-state index contributed by atoms with van der Waals surface area (Å²) in [6.45, 7) is 4.18. The lowest BCUT2D eigenvalue weighted by Crippen LogP contribution is -2.18. The third-order valence-corrected chi connectivity index (χ3v) is 5.22. The highest BCUT2D eigenvalue weighted by Crippen LogP contribution is 2.35. The largest absolute Gasteiger partial charge is 0.457 e. The molecule has 0 saturated heterocycles. The Morgan fingerprint density at radius 1 is 1.14 bits per heavy atom. The molecule has 7 heteroatoms. The highest BCUT2D eigenvalue weighted by Gasteiger charge is 2.24. The Morgan fingerprint density at radius 2 is 1.79 bits per heavy atom. The van der Waals surface area contributed by atoms with Crippen molar-refractivity contribution in [3.63, 3.8) is 0 Å². The molecule has 0 amide bonds. The van der Waals surface area contributed by atoms with Gasteiger partial charge in [0.05, 0.1) is 17.9 Å². The fraction of sp³-hybridized carbons (Fsp3) is 0.273. The minimum atomic E-state index is -0.137. The number of hydrogen-bond donors (Lipinski definition) is 4. The van der Waals surface area contributed by atoms with Crippen LogP contribution in [-0.4, -0.2) is 21.9 Å². The van der Waals surface area contributed by atoms with Gasteiger partial charge in [-0.05, 0) is 60.3 Å². The predicted molar refractivity (Wildman–Crippen MR) is 119 cm³/mol. The van der Waals surface area contributed by atoms with E-state index in [1.807, 2.05) is 54.6 Å². The number of aliphatic hydroxyl groups is 1. The molecule has 0 aliphatic rings. The summed E-state index contributed by atoms with van der Waals surface area (Å²) in [6, 6.07) is 17.2. The zero-order valence-electron chi connectivity index (χ0n) is 16.6. The number of anilines is 2. The Labute approximate surface area is 175 Å². The van der Waals surface area contributed by atoms with Crippen LogP contribution in [0.1, 0.15) is 37.4 Å². The first-order valence-corrected chi connectivity index (χ1v) is 10.3. The molecule has 0 saturated carbocycles. The van der Waals surface area contributed by atoms with Crippen LogP contribution >= 0.6 is 11.5 Å². The van der Waals surface area contributed by atoms with Crippen molar-refractivity contribution in [3.05, 3.63) is 65.9 Å². The van der Waals surface area contributed by atoms with E-state index in [-0.39, 0.29) is 18.4 Å². The zero-order chi connectivity index (χ0) is 20.8. The maximum Gasteiger partial charge on any atom is 0.127 e. The van der Waals surface area contributed by atoms with Gasteiger partial charge in [-0.25, -0.2) is 0 Å². The van der Waals surface area contributed by atoms with Crippen molar-refractivity contribution in [1.82, 2.24) is 4.37 Å². The number of nitrogen functional groups attached to an aromatic ring is 1. The highest BCUT2D eigenvalue weighted by molar-refractivity contribution is 7.10. The van der Waals surface area contributed by atoms with E-state index >= 15 is 0 Å². The lowest BCUT2D eigenvalue weighted by atomic mass is 9.92. The Bertz CT molecular complexity index is 939. The summed E-state index contributed by atoms with van der Waals surface area (Å²) < 4.78 is 10.3. The molecular weight excluding hydrogens is 384 g/mol. The Balaban J connectivity index is 1.78. The van der Waals surface area contributed by atoms with Crippen LogP contribution in [0.2, 0.25) is 0 Å². The molecule has 3 rings (SSSR count). The SMILES string of the molecule is CC(C)C[C@H](CO)c1nsc(Nc2ccc(Oc3ccccc3)cc2)c1C(=N)N. The maximum absolute atomic E-state index is 9.80. The van der Waals surface area contributed by atoms with Crippen molar-refractivity contribution in [2.45, 2.75) is 26.2 Å². The maximum atomic E-state index is 9.80. The molecule has 0 bridgehead atoms. The van der Waals surface area contributed by atoms with Crippen LogP contribution in [0, 0.1) is 11.3 Å². The fourth-order valence-corrected chi connectivity index (χ4v) is 4.03. The number of para-hydroxylation sites is 1. The van der Waals surface area contributed by atoms with E-state index in [2.05, 4.69) is 23.5 Å². The van der Waals surface area contributed by atoms with Crippen LogP contribution in [0.4, 0.5) is 10.7 Å². The Kier molecular flexibility index (Phi) is 6.85. The van der Waals surface area contributed by atoms with E-state index in [9.17, 15) is 5.11 Å². The summed E-state index contributed by atoms with van der Waals surface area (Å²) in [5.74, 6) is 1.72. The van der Waals surface area contributed by atoms with Crippen LogP contribution in [0.25, 0.3) is 0 Å². The quantitative estimate of drug-likeness (QED) is 0.291. The molecule has 0 aliphatic carbocycles. The first-order chi connectivity index (χ1) is 14.0. The lowest BCUT2D eigenvalue weighted by molar-refractivity contribution is 0.247. The molecule has 6 nitrogen and oxygen atoms in total. The van der Waals surface area contributed by atoms with Gasteiger partial charge < -0.3 is 20.9 Å². The van der Waals surface area contributed by atoms with E-state index < -0.39 is 0 Å². The van der Waals surface area contributed by atoms with E-state index in [0.29, 0.717) is 22.2 Å². The molecule has 2 aromatic carbocycles. The van der Waals surface area contributed by atoms with Crippen LogP contribution in [-0.2, 0) is 0 Å². The smallest absolute Gasteiger partial charge is 0.127 e. The predicted octanol–water partition coefficient (Wildman–Crippen LogP) is 5.09. The standard InChI is InChI=1S/C22H26N4O2S/c1-14(2)12-15(13-27)20-19(21(23)24)22(29-26-20)25-16-8-10-18(11-9-16)28-17-6-4-3-5-7-17/h3-11,14-15,25,27H,12-13H2,1-2H3,(H3,23,24)/t15-/m1/s1.